The summed E-state index contributed by atoms with van der Waals surface area (Å²) in [4.78, 5) is 6.31. The fourth-order valence-electron chi connectivity index (χ4n) is 2.11. The van der Waals surface area contributed by atoms with Gasteiger partial charge in [0, 0.05) is 31.5 Å². The maximum Gasteiger partial charge on any atom is 0.123 e. The monoisotopic (exact) mass is 261 g/mol. The quantitative estimate of drug-likeness (QED) is 0.796. The van der Waals surface area contributed by atoms with E-state index in [0.29, 0.717) is 6.04 Å². The molecule has 0 saturated carbocycles. The molecule has 1 unspecified atom stereocenters. The Balaban J connectivity index is 1.82. The maximum atomic E-state index is 12.9. The normalized spacial score (nSPS) is 12.8. The Morgan fingerprint density at radius 2 is 2.05 bits per heavy atom. The van der Waals surface area contributed by atoms with Gasteiger partial charge in [-0.25, -0.2) is 9.37 Å². The van der Waals surface area contributed by atoms with E-state index in [4.69, 9.17) is 0 Å². The molecule has 0 aliphatic carbocycles. The van der Waals surface area contributed by atoms with Crippen LogP contribution in [-0.4, -0.2) is 28.0 Å². The summed E-state index contributed by atoms with van der Waals surface area (Å²) in [6.07, 6.45) is 6.68. The van der Waals surface area contributed by atoms with Gasteiger partial charge in [0.05, 0.1) is 6.33 Å². The van der Waals surface area contributed by atoms with Crippen molar-refractivity contribution in [1.29, 1.82) is 0 Å². The molecular formula is C15H20FN3. The average Bonchev–Trinajstić information content (AvgIpc) is 2.92. The first-order valence-corrected chi connectivity index (χ1v) is 6.58. The molecule has 0 N–H and O–H groups in total. The first-order valence-electron chi connectivity index (χ1n) is 6.58. The molecule has 1 aromatic heterocycles. The van der Waals surface area contributed by atoms with Crippen LogP contribution in [0.4, 0.5) is 4.39 Å². The summed E-state index contributed by atoms with van der Waals surface area (Å²) in [7, 11) is 2.10. The molecular weight excluding hydrogens is 241 g/mol. The zero-order chi connectivity index (χ0) is 13.7. The molecule has 0 saturated heterocycles. The summed E-state index contributed by atoms with van der Waals surface area (Å²) < 4.78 is 15.0. The molecule has 0 aliphatic heterocycles. The van der Waals surface area contributed by atoms with Gasteiger partial charge in [0.25, 0.3) is 0 Å². The van der Waals surface area contributed by atoms with Gasteiger partial charge in [0.1, 0.15) is 5.82 Å². The van der Waals surface area contributed by atoms with E-state index in [9.17, 15) is 4.39 Å². The van der Waals surface area contributed by atoms with Gasteiger partial charge in [-0.3, -0.25) is 4.90 Å². The van der Waals surface area contributed by atoms with E-state index in [1.165, 1.54) is 12.1 Å². The third kappa shape index (κ3) is 3.89. The minimum absolute atomic E-state index is 0.182. The van der Waals surface area contributed by atoms with E-state index < -0.39 is 0 Å². The lowest BCUT2D eigenvalue weighted by atomic mass is 10.1. The largest absolute Gasteiger partial charge is 0.337 e. The Kier molecular flexibility index (Phi) is 4.68. The van der Waals surface area contributed by atoms with Crippen molar-refractivity contribution in [3.8, 4) is 0 Å². The fourth-order valence-corrected chi connectivity index (χ4v) is 2.11. The molecule has 19 heavy (non-hydrogen) atoms. The predicted octanol–water partition coefficient (Wildman–Crippen LogP) is 3.11. The van der Waals surface area contributed by atoms with Gasteiger partial charge in [-0.1, -0.05) is 12.1 Å². The highest BCUT2D eigenvalue weighted by Gasteiger charge is 2.11. The van der Waals surface area contributed by atoms with Crippen LogP contribution in [-0.2, 0) is 6.54 Å². The van der Waals surface area contributed by atoms with Crippen LogP contribution in [0.5, 0.6) is 0 Å². The fraction of sp³-hybridized carbons (Fsp3) is 0.400. The zero-order valence-corrected chi connectivity index (χ0v) is 11.5. The van der Waals surface area contributed by atoms with Gasteiger partial charge >= 0.3 is 0 Å². The standard InChI is InChI=1S/C15H20FN3/c1-13(14-4-6-15(16)7-5-14)18(2)9-3-10-19-11-8-17-12-19/h4-8,11-13H,3,9-10H2,1-2H3. The molecule has 0 aliphatic rings. The molecule has 3 nitrogen and oxygen atoms in total. The van der Waals surface area contributed by atoms with Gasteiger partial charge in [-0.05, 0) is 38.1 Å². The van der Waals surface area contributed by atoms with E-state index >= 15 is 0 Å². The summed E-state index contributed by atoms with van der Waals surface area (Å²) in [5, 5.41) is 0. The first kappa shape index (κ1) is 13.7. The third-order valence-corrected chi connectivity index (χ3v) is 3.50. The lowest BCUT2D eigenvalue weighted by molar-refractivity contribution is 0.253. The second-order valence-corrected chi connectivity index (χ2v) is 4.86. The van der Waals surface area contributed by atoms with Crippen molar-refractivity contribution in [2.24, 2.45) is 0 Å². The van der Waals surface area contributed by atoms with Crippen LogP contribution in [0.1, 0.15) is 24.9 Å². The van der Waals surface area contributed by atoms with Crippen molar-refractivity contribution in [1.82, 2.24) is 14.5 Å². The van der Waals surface area contributed by atoms with Crippen molar-refractivity contribution in [3.05, 3.63) is 54.4 Å². The number of aromatic nitrogens is 2. The molecule has 0 amide bonds. The van der Waals surface area contributed by atoms with Crippen LogP contribution in [0.3, 0.4) is 0 Å². The molecule has 4 heteroatoms. The van der Waals surface area contributed by atoms with Crippen molar-refractivity contribution >= 4 is 0 Å². The second-order valence-electron chi connectivity index (χ2n) is 4.86. The van der Waals surface area contributed by atoms with Crippen LogP contribution in [0, 0.1) is 5.82 Å². The summed E-state index contributed by atoms with van der Waals surface area (Å²) in [6.45, 7) is 4.11. The SMILES string of the molecule is CC(c1ccc(F)cc1)N(C)CCCn1ccnc1. The van der Waals surface area contributed by atoms with E-state index in [1.807, 2.05) is 24.7 Å². The highest BCUT2D eigenvalue weighted by Crippen LogP contribution is 2.19. The number of hydrogen-bond acceptors (Lipinski definition) is 2. The lowest BCUT2D eigenvalue weighted by Gasteiger charge is -2.25. The van der Waals surface area contributed by atoms with Gasteiger partial charge in [-0.2, -0.15) is 0 Å². The van der Waals surface area contributed by atoms with Crippen molar-refractivity contribution in [3.63, 3.8) is 0 Å². The molecule has 1 aromatic carbocycles. The smallest absolute Gasteiger partial charge is 0.123 e. The van der Waals surface area contributed by atoms with E-state index in [1.54, 1.807) is 6.20 Å². The Bertz CT molecular complexity index is 479. The van der Waals surface area contributed by atoms with Crippen LogP contribution in [0.2, 0.25) is 0 Å². The summed E-state index contributed by atoms with van der Waals surface area (Å²) in [6, 6.07) is 7.04. The van der Waals surface area contributed by atoms with E-state index in [-0.39, 0.29) is 5.82 Å². The topological polar surface area (TPSA) is 21.1 Å². The highest BCUT2D eigenvalue weighted by atomic mass is 19.1. The van der Waals surface area contributed by atoms with E-state index in [2.05, 4.69) is 28.4 Å². The molecule has 1 heterocycles. The number of hydrogen-bond donors (Lipinski definition) is 0. The third-order valence-electron chi connectivity index (χ3n) is 3.50. The number of nitrogens with zero attached hydrogens (tertiary/aromatic N) is 3. The minimum atomic E-state index is -0.182. The van der Waals surface area contributed by atoms with Gasteiger partial charge in [-0.15, -0.1) is 0 Å². The minimum Gasteiger partial charge on any atom is -0.337 e. The number of halogens is 1. The van der Waals surface area contributed by atoms with Gasteiger partial charge in [0.15, 0.2) is 0 Å². The Hall–Kier alpha value is -1.68. The number of rotatable bonds is 6. The van der Waals surface area contributed by atoms with Gasteiger partial charge < -0.3 is 4.57 Å². The van der Waals surface area contributed by atoms with Crippen LogP contribution >= 0.6 is 0 Å². The molecule has 2 rings (SSSR count). The van der Waals surface area contributed by atoms with Crippen LogP contribution < -0.4 is 0 Å². The predicted molar refractivity (Wildman–Crippen MR) is 74.3 cm³/mol. The number of aryl methyl sites for hydroxylation is 1. The van der Waals surface area contributed by atoms with Crippen molar-refractivity contribution < 1.29 is 4.39 Å². The Morgan fingerprint density at radius 3 is 2.68 bits per heavy atom. The van der Waals surface area contributed by atoms with Crippen LogP contribution in [0.25, 0.3) is 0 Å². The second kappa shape index (κ2) is 6.48. The molecule has 0 spiro atoms. The number of benzene rings is 1. The molecule has 2 aromatic rings. The summed E-state index contributed by atoms with van der Waals surface area (Å²) in [5.74, 6) is -0.182. The van der Waals surface area contributed by atoms with Crippen molar-refractivity contribution in [2.45, 2.75) is 25.9 Å². The van der Waals surface area contributed by atoms with E-state index in [0.717, 1.165) is 25.1 Å². The molecule has 0 bridgehead atoms. The number of imidazole rings is 1. The van der Waals surface area contributed by atoms with Crippen LogP contribution in [0.15, 0.2) is 43.0 Å². The molecule has 102 valence electrons. The Morgan fingerprint density at radius 1 is 1.32 bits per heavy atom. The summed E-state index contributed by atoms with van der Waals surface area (Å²) in [5.41, 5.74) is 1.14. The van der Waals surface area contributed by atoms with Crippen molar-refractivity contribution in [2.75, 3.05) is 13.6 Å². The molecule has 1 atom stereocenters. The average molecular weight is 261 g/mol. The Labute approximate surface area is 113 Å². The lowest BCUT2D eigenvalue weighted by Crippen LogP contribution is -2.24. The van der Waals surface area contributed by atoms with Gasteiger partial charge in [0.2, 0.25) is 0 Å². The summed E-state index contributed by atoms with van der Waals surface area (Å²) >= 11 is 0. The highest BCUT2D eigenvalue weighted by molar-refractivity contribution is 5.19. The first-order chi connectivity index (χ1) is 9.16. The molecule has 0 fully saturated rings. The maximum absolute atomic E-state index is 12.9. The zero-order valence-electron chi connectivity index (χ0n) is 11.5. The molecule has 0 radical (unpaired) electrons.